The van der Waals surface area contributed by atoms with Gasteiger partial charge in [0.1, 0.15) is 18.1 Å². The molecule has 1 aromatic heterocycles. The number of hydrogen-bond acceptors (Lipinski definition) is 7. The lowest BCUT2D eigenvalue weighted by Gasteiger charge is -2.12. The van der Waals surface area contributed by atoms with Crippen molar-refractivity contribution in [3.8, 4) is 11.3 Å². The molecule has 166 valence electrons. The predicted octanol–water partition coefficient (Wildman–Crippen LogP) is 4.84. The minimum absolute atomic E-state index is 0.0736. The Labute approximate surface area is 192 Å². The molecule has 1 aliphatic heterocycles. The van der Waals surface area contributed by atoms with Crippen molar-refractivity contribution < 1.29 is 23.7 Å². The van der Waals surface area contributed by atoms with Crippen LogP contribution in [0.15, 0.2) is 70.0 Å². The zero-order valence-corrected chi connectivity index (χ0v) is 18.1. The zero-order chi connectivity index (χ0) is 23.5. The number of nitro benzene ring substituents is 1. The Morgan fingerprint density at radius 1 is 1.15 bits per heavy atom. The first kappa shape index (κ1) is 22.0. The molecule has 0 saturated carbocycles. The van der Waals surface area contributed by atoms with Gasteiger partial charge in [-0.1, -0.05) is 24.3 Å². The van der Waals surface area contributed by atoms with Gasteiger partial charge in [-0.3, -0.25) is 29.4 Å². The molecule has 0 unspecified atom stereocenters. The van der Waals surface area contributed by atoms with Gasteiger partial charge in [-0.05, 0) is 48.5 Å². The smallest absolute Gasteiger partial charge is 0.294 e. The highest BCUT2D eigenvalue weighted by Crippen LogP contribution is 2.33. The summed E-state index contributed by atoms with van der Waals surface area (Å²) >= 11 is 0.708. The van der Waals surface area contributed by atoms with Crippen LogP contribution in [0.1, 0.15) is 11.3 Å². The number of benzene rings is 2. The van der Waals surface area contributed by atoms with E-state index in [1.54, 1.807) is 42.5 Å². The quantitative estimate of drug-likeness (QED) is 0.315. The third kappa shape index (κ3) is 5.01. The van der Waals surface area contributed by atoms with Crippen molar-refractivity contribution in [2.24, 2.45) is 0 Å². The first-order chi connectivity index (χ1) is 15.8. The number of nitrogens with zero attached hydrogens (tertiary/aromatic N) is 2. The van der Waals surface area contributed by atoms with Crippen molar-refractivity contribution >= 4 is 46.3 Å². The van der Waals surface area contributed by atoms with Crippen molar-refractivity contribution in [1.29, 1.82) is 0 Å². The molecule has 3 amide bonds. The molecule has 0 aliphatic carbocycles. The molecule has 10 heteroatoms. The third-order valence-electron chi connectivity index (χ3n) is 4.72. The van der Waals surface area contributed by atoms with Crippen LogP contribution in [0.2, 0.25) is 0 Å². The number of nitrogens with one attached hydrogen (secondary N) is 1. The van der Waals surface area contributed by atoms with Gasteiger partial charge in [-0.25, -0.2) is 0 Å². The van der Waals surface area contributed by atoms with Gasteiger partial charge in [0.25, 0.3) is 16.8 Å². The number of thioether (sulfide) groups is 1. The molecule has 0 radical (unpaired) electrons. The molecule has 2 heterocycles. The summed E-state index contributed by atoms with van der Waals surface area (Å²) in [7, 11) is 0. The average molecular weight is 463 g/mol. The molecular formula is C23H17N3O6S. The normalized spacial score (nSPS) is 14.7. The molecule has 3 aromatic rings. The van der Waals surface area contributed by atoms with E-state index in [9.17, 15) is 24.5 Å². The number of nitro groups is 1. The second-order valence-electron chi connectivity index (χ2n) is 7.19. The lowest BCUT2D eigenvalue weighted by atomic mass is 10.1. The molecule has 0 bridgehead atoms. The zero-order valence-electron chi connectivity index (χ0n) is 17.3. The number of amides is 3. The number of carbonyl (C=O) groups excluding carboxylic acids is 3. The van der Waals surface area contributed by atoms with E-state index in [-0.39, 0.29) is 10.6 Å². The van der Waals surface area contributed by atoms with E-state index in [4.69, 9.17) is 4.42 Å². The Morgan fingerprint density at radius 3 is 2.70 bits per heavy atom. The minimum atomic E-state index is -0.599. The summed E-state index contributed by atoms with van der Waals surface area (Å²) < 4.78 is 5.68. The van der Waals surface area contributed by atoms with E-state index in [0.29, 0.717) is 34.5 Å². The highest BCUT2D eigenvalue weighted by atomic mass is 32.2. The Bertz CT molecular complexity index is 1310. The number of rotatable bonds is 6. The molecule has 9 nitrogen and oxygen atoms in total. The van der Waals surface area contributed by atoms with E-state index < -0.39 is 28.5 Å². The van der Waals surface area contributed by atoms with Crippen LogP contribution in [0.5, 0.6) is 0 Å². The second kappa shape index (κ2) is 9.13. The maximum Gasteiger partial charge on any atom is 0.294 e. The topological polar surface area (TPSA) is 123 Å². The highest BCUT2D eigenvalue weighted by Gasteiger charge is 2.36. The SMILES string of the molecule is Cc1cccc(NC(=O)CN2C(=O)SC(=Cc3ccc(-c4cccc([N+](=O)[O-])c4)o3)C2=O)c1. The van der Waals surface area contributed by atoms with Crippen LogP contribution < -0.4 is 5.32 Å². The molecule has 0 atom stereocenters. The second-order valence-corrected chi connectivity index (χ2v) is 8.19. The van der Waals surface area contributed by atoms with Crippen LogP contribution in [0.3, 0.4) is 0 Å². The maximum absolute atomic E-state index is 12.7. The largest absolute Gasteiger partial charge is 0.457 e. The fourth-order valence-corrected chi connectivity index (χ4v) is 4.01. The van der Waals surface area contributed by atoms with Crippen LogP contribution in [-0.4, -0.2) is 33.4 Å². The van der Waals surface area contributed by atoms with Crippen molar-refractivity contribution in [3.63, 3.8) is 0 Å². The van der Waals surface area contributed by atoms with Crippen molar-refractivity contribution in [3.05, 3.63) is 87.0 Å². The summed E-state index contributed by atoms with van der Waals surface area (Å²) in [6, 6.07) is 16.3. The molecule has 1 fully saturated rings. The molecule has 1 N–H and O–H groups in total. The van der Waals surface area contributed by atoms with Crippen LogP contribution >= 0.6 is 11.8 Å². The number of carbonyl (C=O) groups is 3. The summed E-state index contributed by atoms with van der Waals surface area (Å²) in [5, 5.41) is 13.1. The summed E-state index contributed by atoms with van der Waals surface area (Å²) in [6.07, 6.45) is 1.41. The molecule has 0 spiro atoms. The molecule has 33 heavy (non-hydrogen) atoms. The standard InChI is InChI=1S/C23H17N3O6S/c1-14-4-2-6-16(10-14)24-21(27)13-25-22(28)20(33-23(25)29)12-18-8-9-19(32-18)15-5-3-7-17(11-15)26(30)31/h2-12H,13H2,1H3,(H,24,27). The van der Waals surface area contributed by atoms with E-state index in [2.05, 4.69) is 5.32 Å². The van der Waals surface area contributed by atoms with E-state index >= 15 is 0 Å². The molecule has 2 aromatic carbocycles. The van der Waals surface area contributed by atoms with Gasteiger partial charge in [0.15, 0.2) is 0 Å². The van der Waals surface area contributed by atoms with E-state index in [0.717, 1.165) is 10.5 Å². The molecular weight excluding hydrogens is 446 g/mol. The number of aryl methyl sites for hydroxylation is 1. The van der Waals surface area contributed by atoms with Gasteiger partial charge in [0.05, 0.1) is 9.83 Å². The van der Waals surface area contributed by atoms with Gasteiger partial charge >= 0.3 is 0 Å². The van der Waals surface area contributed by atoms with E-state index in [1.807, 2.05) is 13.0 Å². The third-order valence-corrected chi connectivity index (χ3v) is 5.63. The van der Waals surface area contributed by atoms with Gasteiger partial charge in [0, 0.05) is 29.5 Å². The molecule has 1 saturated heterocycles. The minimum Gasteiger partial charge on any atom is -0.457 e. The fraction of sp³-hybridized carbons (Fsp3) is 0.0870. The number of furan rings is 1. The Kier molecular flexibility index (Phi) is 6.09. The summed E-state index contributed by atoms with van der Waals surface area (Å²) in [6.45, 7) is 1.48. The summed E-state index contributed by atoms with van der Waals surface area (Å²) in [4.78, 5) is 48.8. The van der Waals surface area contributed by atoms with Gasteiger partial charge in [0.2, 0.25) is 5.91 Å². The highest BCUT2D eigenvalue weighted by molar-refractivity contribution is 8.18. The summed E-state index contributed by atoms with van der Waals surface area (Å²) in [5.41, 5.74) is 1.97. The van der Waals surface area contributed by atoms with Crippen LogP contribution in [0, 0.1) is 17.0 Å². The first-order valence-corrected chi connectivity index (χ1v) is 10.6. The number of imide groups is 1. The maximum atomic E-state index is 12.7. The number of anilines is 1. The molecule has 1 aliphatic rings. The summed E-state index contributed by atoms with van der Waals surface area (Å²) in [5.74, 6) is -0.416. The van der Waals surface area contributed by atoms with Crippen molar-refractivity contribution in [2.45, 2.75) is 6.92 Å². The van der Waals surface area contributed by atoms with E-state index in [1.165, 1.54) is 18.2 Å². The van der Waals surface area contributed by atoms with Gasteiger partial charge < -0.3 is 9.73 Å². The average Bonchev–Trinajstić information content (AvgIpc) is 3.34. The fourth-order valence-electron chi connectivity index (χ4n) is 3.19. The number of non-ortho nitro benzene ring substituents is 1. The van der Waals surface area contributed by atoms with Gasteiger partial charge in [-0.2, -0.15) is 0 Å². The lowest BCUT2D eigenvalue weighted by Crippen LogP contribution is -2.36. The first-order valence-electron chi connectivity index (χ1n) is 9.77. The van der Waals surface area contributed by atoms with Crippen molar-refractivity contribution in [2.75, 3.05) is 11.9 Å². The number of hydrogen-bond donors (Lipinski definition) is 1. The Morgan fingerprint density at radius 2 is 1.94 bits per heavy atom. The van der Waals surface area contributed by atoms with Gasteiger partial charge in [-0.15, -0.1) is 0 Å². The monoisotopic (exact) mass is 463 g/mol. The van der Waals surface area contributed by atoms with Crippen molar-refractivity contribution in [1.82, 2.24) is 4.90 Å². The predicted molar refractivity (Wildman–Crippen MR) is 123 cm³/mol. The Balaban J connectivity index is 1.46. The lowest BCUT2D eigenvalue weighted by molar-refractivity contribution is -0.384. The van der Waals surface area contributed by atoms with Crippen LogP contribution in [0.25, 0.3) is 17.4 Å². The Hall–Kier alpha value is -4.18. The molecule has 4 rings (SSSR count). The van der Waals surface area contributed by atoms with Crippen LogP contribution in [-0.2, 0) is 9.59 Å². The van der Waals surface area contributed by atoms with Crippen LogP contribution in [0.4, 0.5) is 16.2 Å².